The molecule has 1 aliphatic rings. The third-order valence-electron chi connectivity index (χ3n) is 5.32. The molecular weight excluding hydrogens is 414 g/mol. The summed E-state index contributed by atoms with van der Waals surface area (Å²) in [6.07, 6.45) is 0.0851. The molecule has 2 aromatic carbocycles. The van der Waals surface area contributed by atoms with Crippen LogP contribution >= 0.6 is 0 Å². The van der Waals surface area contributed by atoms with Gasteiger partial charge in [-0.25, -0.2) is 0 Å². The van der Waals surface area contributed by atoms with Crippen molar-refractivity contribution in [3.8, 4) is 0 Å². The molecule has 1 unspecified atom stereocenters. The van der Waals surface area contributed by atoms with Gasteiger partial charge < -0.3 is 15.5 Å². The number of nitrogens with one attached hydrogen (secondary N) is 4. The van der Waals surface area contributed by atoms with Crippen molar-refractivity contribution in [1.29, 1.82) is 0 Å². The smallest absolute Gasteiger partial charge is 0.272 e. The van der Waals surface area contributed by atoms with Gasteiger partial charge in [-0.1, -0.05) is 36.4 Å². The first-order valence-electron chi connectivity index (χ1n) is 10.1. The third kappa shape index (κ3) is 4.43. The van der Waals surface area contributed by atoms with E-state index in [4.69, 9.17) is 0 Å². The molecule has 1 fully saturated rings. The van der Waals surface area contributed by atoms with Crippen molar-refractivity contribution < 1.29 is 14.4 Å². The number of fused-ring (bicyclic) bond motifs is 1. The van der Waals surface area contributed by atoms with Gasteiger partial charge in [-0.15, -0.1) is 0 Å². The molecule has 3 aromatic rings. The van der Waals surface area contributed by atoms with Crippen LogP contribution in [0.15, 0.2) is 58.1 Å². The maximum Gasteiger partial charge on any atom is 0.272 e. The number of rotatable bonds is 6. The Labute approximate surface area is 181 Å². The van der Waals surface area contributed by atoms with Crippen LogP contribution in [0.4, 0.5) is 5.69 Å². The number of H-pyrrole nitrogens is 2. The van der Waals surface area contributed by atoms with Gasteiger partial charge in [-0.3, -0.25) is 34.2 Å². The van der Waals surface area contributed by atoms with Crippen LogP contribution in [0.3, 0.4) is 0 Å². The Hall–Kier alpha value is -4.21. The van der Waals surface area contributed by atoms with Crippen LogP contribution in [0.1, 0.15) is 12.0 Å². The molecule has 0 radical (unpaired) electrons. The number of hydrogen-bond donors (Lipinski definition) is 4. The van der Waals surface area contributed by atoms with Gasteiger partial charge in [-0.2, -0.15) is 0 Å². The zero-order chi connectivity index (χ0) is 22.7. The highest BCUT2D eigenvalue weighted by atomic mass is 16.2. The summed E-state index contributed by atoms with van der Waals surface area (Å²) in [4.78, 5) is 62.7. The van der Waals surface area contributed by atoms with Crippen LogP contribution in [0, 0.1) is 5.92 Å². The molecule has 0 bridgehead atoms. The van der Waals surface area contributed by atoms with E-state index in [1.807, 2.05) is 30.3 Å². The summed E-state index contributed by atoms with van der Waals surface area (Å²) in [6, 6.07) is 14.0. The molecule has 2 heterocycles. The number of aromatic nitrogens is 2. The van der Waals surface area contributed by atoms with Gasteiger partial charge in [0, 0.05) is 19.5 Å². The number of carbonyl (C=O) groups is 3. The van der Waals surface area contributed by atoms with E-state index < -0.39 is 28.9 Å². The van der Waals surface area contributed by atoms with Gasteiger partial charge in [0.15, 0.2) is 0 Å². The van der Waals surface area contributed by atoms with Crippen molar-refractivity contribution in [3.63, 3.8) is 0 Å². The SMILES string of the molecule is O=C(CNC(=O)C1CC(=O)N(Cc2ccccc2)C1)Nc1cccc2c(=O)[nH][nH]c(=O)c12. The summed E-state index contributed by atoms with van der Waals surface area (Å²) in [5, 5.41) is 9.71. The number of hydrogen-bond acceptors (Lipinski definition) is 5. The quantitative estimate of drug-likeness (QED) is 0.441. The van der Waals surface area contributed by atoms with Crippen LogP contribution < -0.4 is 21.8 Å². The molecule has 10 heteroatoms. The van der Waals surface area contributed by atoms with Gasteiger partial charge >= 0.3 is 0 Å². The minimum absolute atomic E-state index is 0.0499. The number of aromatic amines is 2. The van der Waals surface area contributed by atoms with Crippen LogP contribution in [-0.2, 0) is 20.9 Å². The summed E-state index contributed by atoms with van der Waals surface area (Å²) in [6.45, 7) is 0.376. The first-order valence-corrected chi connectivity index (χ1v) is 10.1. The Morgan fingerprint density at radius 1 is 0.969 bits per heavy atom. The van der Waals surface area contributed by atoms with E-state index in [-0.39, 0.29) is 41.9 Å². The van der Waals surface area contributed by atoms with E-state index in [1.165, 1.54) is 18.2 Å². The van der Waals surface area contributed by atoms with Crippen molar-refractivity contribution in [2.24, 2.45) is 5.92 Å². The highest BCUT2D eigenvalue weighted by Crippen LogP contribution is 2.20. The van der Waals surface area contributed by atoms with Gasteiger partial charge in [0.1, 0.15) is 0 Å². The zero-order valence-corrected chi connectivity index (χ0v) is 17.0. The lowest BCUT2D eigenvalue weighted by Gasteiger charge is -2.16. The predicted molar refractivity (Wildman–Crippen MR) is 117 cm³/mol. The number of nitrogens with zero attached hydrogens (tertiary/aromatic N) is 1. The van der Waals surface area contributed by atoms with E-state index in [0.29, 0.717) is 6.54 Å². The lowest BCUT2D eigenvalue weighted by atomic mass is 10.1. The van der Waals surface area contributed by atoms with Crippen LogP contribution in [0.5, 0.6) is 0 Å². The molecule has 1 atom stereocenters. The van der Waals surface area contributed by atoms with Crippen molar-refractivity contribution >= 4 is 34.2 Å². The van der Waals surface area contributed by atoms with Crippen molar-refractivity contribution in [3.05, 3.63) is 74.8 Å². The van der Waals surface area contributed by atoms with E-state index in [0.717, 1.165) is 5.56 Å². The Morgan fingerprint density at radius 3 is 2.50 bits per heavy atom. The van der Waals surface area contributed by atoms with E-state index >= 15 is 0 Å². The second kappa shape index (κ2) is 8.88. The summed E-state index contributed by atoms with van der Waals surface area (Å²) >= 11 is 0. The topological polar surface area (TPSA) is 144 Å². The van der Waals surface area contributed by atoms with E-state index in [2.05, 4.69) is 20.8 Å². The van der Waals surface area contributed by atoms with Crippen LogP contribution in [0.2, 0.25) is 0 Å². The number of amides is 3. The summed E-state index contributed by atoms with van der Waals surface area (Å²) in [5.41, 5.74) is 0.0989. The molecule has 4 N–H and O–H groups in total. The molecular formula is C22H21N5O5. The third-order valence-corrected chi connectivity index (χ3v) is 5.32. The molecule has 3 amide bonds. The van der Waals surface area contributed by atoms with Crippen molar-refractivity contribution in [1.82, 2.24) is 20.4 Å². The Morgan fingerprint density at radius 2 is 1.72 bits per heavy atom. The largest absolute Gasteiger partial charge is 0.347 e. The Kier molecular flexibility index (Phi) is 5.84. The van der Waals surface area contributed by atoms with Gasteiger partial charge in [0.05, 0.1) is 28.9 Å². The monoisotopic (exact) mass is 435 g/mol. The minimum Gasteiger partial charge on any atom is -0.347 e. The fourth-order valence-corrected chi connectivity index (χ4v) is 3.74. The van der Waals surface area contributed by atoms with Gasteiger partial charge in [-0.05, 0) is 17.7 Å². The first kappa shape index (κ1) is 21.0. The van der Waals surface area contributed by atoms with Crippen molar-refractivity contribution in [2.45, 2.75) is 13.0 Å². The van der Waals surface area contributed by atoms with Gasteiger partial charge in [0.25, 0.3) is 11.1 Å². The Balaban J connectivity index is 1.35. The molecule has 4 rings (SSSR count). The number of likely N-dealkylation sites (tertiary alicyclic amines) is 1. The fourth-order valence-electron chi connectivity index (χ4n) is 3.74. The predicted octanol–water partition coefficient (Wildman–Crippen LogP) is 0.320. The van der Waals surface area contributed by atoms with Gasteiger partial charge in [0.2, 0.25) is 17.7 Å². The maximum atomic E-state index is 12.5. The Bertz CT molecular complexity index is 1300. The second-order valence-electron chi connectivity index (χ2n) is 7.56. The maximum absolute atomic E-state index is 12.5. The number of carbonyl (C=O) groups excluding carboxylic acids is 3. The molecule has 164 valence electrons. The fraction of sp³-hybridized carbons (Fsp3) is 0.227. The molecule has 1 saturated heterocycles. The zero-order valence-electron chi connectivity index (χ0n) is 17.0. The molecule has 0 aliphatic carbocycles. The highest BCUT2D eigenvalue weighted by Gasteiger charge is 2.34. The van der Waals surface area contributed by atoms with Crippen molar-refractivity contribution in [2.75, 3.05) is 18.4 Å². The lowest BCUT2D eigenvalue weighted by Crippen LogP contribution is -2.38. The first-order chi connectivity index (χ1) is 15.4. The van der Waals surface area contributed by atoms with Crippen LogP contribution in [0.25, 0.3) is 10.8 Å². The summed E-state index contributed by atoms with van der Waals surface area (Å²) in [5.74, 6) is -1.61. The molecule has 0 saturated carbocycles. The average Bonchev–Trinajstić information content (AvgIpc) is 3.15. The van der Waals surface area contributed by atoms with Crippen LogP contribution in [-0.4, -0.2) is 45.9 Å². The molecule has 10 nitrogen and oxygen atoms in total. The molecule has 1 aliphatic heterocycles. The number of anilines is 1. The molecule has 1 aromatic heterocycles. The molecule has 0 spiro atoms. The standard InChI is InChI=1S/C22H21N5O5/c28-17(24-16-8-4-7-15-19(16)22(32)26-25-21(15)31)10-23-20(30)14-9-18(29)27(12-14)11-13-5-2-1-3-6-13/h1-8,14H,9-12H2,(H,23,30)(H,24,28)(H,25,31)(H,26,32). The number of benzene rings is 2. The van der Waals surface area contributed by atoms with E-state index in [1.54, 1.807) is 4.90 Å². The lowest BCUT2D eigenvalue weighted by molar-refractivity contribution is -0.129. The second-order valence-corrected chi connectivity index (χ2v) is 7.56. The highest BCUT2D eigenvalue weighted by molar-refractivity contribution is 6.03. The molecule has 32 heavy (non-hydrogen) atoms. The normalized spacial score (nSPS) is 15.7. The summed E-state index contributed by atoms with van der Waals surface area (Å²) < 4.78 is 0. The van der Waals surface area contributed by atoms with E-state index in [9.17, 15) is 24.0 Å². The summed E-state index contributed by atoms with van der Waals surface area (Å²) in [7, 11) is 0. The minimum atomic E-state index is -0.559. The average molecular weight is 435 g/mol.